The van der Waals surface area contributed by atoms with E-state index in [0.717, 1.165) is 22.3 Å². The number of benzene rings is 2. The molecule has 6 heteroatoms. The van der Waals surface area contributed by atoms with Crippen LogP contribution >= 0.6 is 23.2 Å². The van der Waals surface area contributed by atoms with E-state index >= 15 is 0 Å². The van der Waals surface area contributed by atoms with Gasteiger partial charge in [0, 0.05) is 11.1 Å². The summed E-state index contributed by atoms with van der Waals surface area (Å²) < 4.78 is 0. The van der Waals surface area contributed by atoms with E-state index in [0.29, 0.717) is 10.0 Å². The van der Waals surface area contributed by atoms with Crippen LogP contribution in [0.4, 0.5) is 5.69 Å². The monoisotopic (exact) mass is 321 g/mol. The maximum absolute atomic E-state index is 11.3. The number of fused-ring (bicyclic) bond motifs is 1. The highest BCUT2D eigenvalue weighted by Gasteiger charge is 2.10. The van der Waals surface area contributed by atoms with E-state index in [2.05, 4.69) is 15.3 Å². The zero-order valence-electron chi connectivity index (χ0n) is 11.2. The smallest absolute Gasteiger partial charge is 0.323 e. The van der Waals surface area contributed by atoms with Crippen molar-refractivity contribution >= 4 is 39.9 Å². The van der Waals surface area contributed by atoms with Gasteiger partial charge >= 0.3 is 5.69 Å². The van der Waals surface area contributed by atoms with Crippen LogP contribution in [-0.4, -0.2) is 9.97 Å². The van der Waals surface area contributed by atoms with Gasteiger partial charge in [0.05, 0.1) is 21.7 Å². The first-order valence-corrected chi connectivity index (χ1v) is 7.22. The van der Waals surface area contributed by atoms with Crippen LogP contribution in [0, 0.1) is 0 Å². The molecule has 0 saturated heterocycles. The van der Waals surface area contributed by atoms with Crippen LogP contribution in [0.15, 0.2) is 41.2 Å². The summed E-state index contributed by atoms with van der Waals surface area (Å²) in [5, 5.41) is 4.56. The standard InChI is InChI=1S/C15H13Cl2N3O/c1-8(18-13-7-10(16)3-4-11(13)17)9-2-5-12-14(6-9)20-15(21)19-12/h2-8,18H,1H3,(H2,19,20,21). The van der Waals surface area contributed by atoms with Crippen molar-refractivity contribution in [2.75, 3.05) is 5.32 Å². The highest BCUT2D eigenvalue weighted by atomic mass is 35.5. The van der Waals surface area contributed by atoms with Crippen LogP contribution in [0.1, 0.15) is 18.5 Å². The second-order valence-corrected chi connectivity index (χ2v) is 5.72. The van der Waals surface area contributed by atoms with Gasteiger partial charge in [-0.05, 0) is 42.8 Å². The molecule has 1 aromatic heterocycles. The Balaban J connectivity index is 1.90. The molecule has 0 aliphatic rings. The third-order valence-electron chi connectivity index (χ3n) is 3.34. The van der Waals surface area contributed by atoms with Gasteiger partial charge in [-0.3, -0.25) is 0 Å². The molecule has 3 rings (SSSR count). The van der Waals surface area contributed by atoms with E-state index in [4.69, 9.17) is 23.2 Å². The summed E-state index contributed by atoms with van der Waals surface area (Å²) in [5.74, 6) is 0. The van der Waals surface area contributed by atoms with Crippen LogP contribution in [-0.2, 0) is 0 Å². The molecular formula is C15H13Cl2N3O. The summed E-state index contributed by atoms with van der Waals surface area (Å²) >= 11 is 12.1. The van der Waals surface area contributed by atoms with E-state index in [1.165, 1.54) is 0 Å². The molecule has 21 heavy (non-hydrogen) atoms. The van der Waals surface area contributed by atoms with E-state index in [1.807, 2.05) is 25.1 Å². The molecule has 0 bridgehead atoms. The van der Waals surface area contributed by atoms with Gasteiger partial charge in [0.25, 0.3) is 0 Å². The van der Waals surface area contributed by atoms with Crippen LogP contribution in [0.5, 0.6) is 0 Å². The third kappa shape index (κ3) is 2.91. The van der Waals surface area contributed by atoms with Gasteiger partial charge < -0.3 is 15.3 Å². The summed E-state index contributed by atoms with van der Waals surface area (Å²) in [4.78, 5) is 16.8. The number of H-pyrrole nitrogens is 2. The van der Waals surface area contributed by atoms with Crippen molar-refractivity contribution in [2.45, 2.75) is 13.0 Å². The van der Waals surface area contributed by atoms with E-state index in [-0.39, 0.29) is 11.7 Å². The highest BCUT2D eigenvalue weighted by Crippen LogP contribution is 2.29. The number of imidazole rings is 1. The minimum atomic E-state index is -0.208. The van der Waals surface area contributed by atoms with Crippen molar-refractivity contribution in [1.82, 2.24) is 9.97 Å². The normalized spacial score (nSPS) is 12.5. The molecule has 0 radical (unpaired) electrons. The zero-order valence-corrected chi connectivity index (χ0v) is 12.7. The minimum Gasteiger partial charge on any atom is -0.377 e. The van der Waals surface area contributed by atoms with Crippen molar-refractivity contribution in [3.63, 3.8) is 0 Å². The molecule has 3 aromatic rings. The lowest BCUT2D eigenvalue weighted by molar-refractivity contribution is 0.886. The number of anilines is 1. The Bertz CT molecular complexity index is 853. The van der Waals surface area contributed by atoms with Crippen molar-refractivity contribution in [3.8, 4) is 0 Å². The van der Waals surface area contributed by atoms with Crippen LogP contribution in [0.2, 0.25) is 10.0 Å². The van der Waals surface area contributed by atoms with Crippen LogP contribution in [0.25, 0.3) is 11.0 Å². The number of aromatic nitrogens is 2. The molecule has 1 unspecified atom stereocenters. The van der Waals surface area contributed by atoms with Crippen molar-refractivity contribution < 1.29 is 0 Å². The van der Waals surface area contributed by atoms with E-state index in [9.17, 15) is 4.79 Å². The van der Waals surface area contributed by atoms with Crippen molar-refractivity contribution in [3.05, 3.63) is 62.5 Å². The molecule has 1 atom stereocenters. The van der Waals surface area contributed by atoms with Gasteiger partial charge in [-0.1, -0.05) is 29.3 Å². The summed E-state index contributed by atoms with van der Waals surface area (Å²) in [7, 11) is 0. The zero-order chi connectivity index (χ0) is 15.0. The molecule has 2 aromatic carbocycles. The lowest BCUT2D eigenvalue weighted by Crippen LogP contribution is -2.07. The Morgan fingerprint density at radius 3 is 2.62 bits per heavy atom. The predicted octanol–water partition coefficient (Wildman–Crippen LogP) is 4.34. The predicted molar refractivity (Wildman–Crippen MR) is 87.4 cm³/mol. The quantitative estimate of drug-likeness (QED) is 0.672. The molecule has 0 aliphatic carbocycles. The van der Waals surface area contributed by atoms with Gasteiger partial charge in [-0.2, -0.15) is 0 Å². The molecule has 0 spiro atoms. The molecule has 0 amide bonds. The first-order chi connectivity index (χ1) is 10.0. The average molecular weight is 322 g/mol. The molecule has 0 fully saturated rings. The molecule has 1 heterocycles. The largest absolute Gasteiger partial charge is 0.377 e. The maximum Gasteiger partial charge on any atom is 0.323 e. The topological polar surface area (TPSA) is 60.7 Å². The molecule has 4 nitrogen and oxygen atoms in total. The van der Waals surface area contributed by atoms with E-state index < -0.39 is 0 Å². The lowest BCUT2D eigenvalue weighted by atomic mass is 10.1. The SMILES string of the molecule is CC(Nc1cc(Cl)ccc1Cl)c1ccc2[nH]c(=O)[nH]c2c1. The van der Waals surface area contributed by atoms with Gasteiger partial charge in [0.1, 0.15) is 0 Å². The fourth-order valence-corrected chi connectivity index (χ4v) is 2.59. The summed E-state index contributed by atoms with van der Waals surface area (Å²) in [6.07, 6.45) is 0. The first-order valence-electron chi connectivity index (χ1n) is 6.46. The Labute approximate surface area is 131 Å². The Morgan fingerprint density at radius 1 is 1.05 bits per heavy atom. The first kappa shape index (κ1) is 14.0. The number of nitrogens with one attached hydrogen (secondary N) is 3. The molecular weight excluding hydrogens is 309 g/mol. The molecule has 108 valence electrons. The van der Waals surface area contributed by atoms with Crippen LogP contribution in [0.3, 0.4) is 0 Å². The number of hydrogen-bond donors (Lipinski definition) is 3. The van der Waals surface area contributed by atoms with Crippen LogP contribution < -0.4 is 11.0 Å². The number of rotatable bonds is 3. The molecule has 3 N–H and O–H groups in total. The Hall–Kier alpha value is -1.91. The second kappa shape index (κ2) is 5.47. The fourth-order valence-electron chi connectivity index (χ4n) is 2.24. The van der Waals surface area contributed by atoms with Gasteiger partial charge in [-0.15, -0.1) is 0 Å². The molecule has 0 saturated carbocycles. The summed E-state index contributed by atoms with van der Waals surface area (Å²) in [6.45, 7) is 2.02. The number of halogens is 2. The second-order valence-electron chi connectivity index (χ2n) is 4.87. The van der Waals surface area contributed by atoms with Crippen molar-refractivity contribution in [1.29, 1.82) is 0 Å². The number of hydrogen-bond acceptors (Lipinski definition) is 2. The highest BCUT2D eigenvalue weighted by molar-refractivity contribution is 6.35. The Morgan fingerprint density at radius 2 is 1.81 bits per heavy atom. The average Bonchev–Trinajstić information content (AvgIpc) is 2.81. The summed E-state index contributed by atoms with van der Waals surface area (Å²) in [5.41, 5.74) is 3.17. The van der Waals surface area contributed by atoms with Gasteiger partial charge in [-0.25, -0.2) is 4.79 Å². The Kier molecular flexibility index (Phi) is 3.66. The summed E-state index contributed by atoms with van der Waals surface area (Å²) in [6, 6.07) is 11.1. The fraction of sp³-hybridized carbons (Fsp3) is 0.133. The van der Waals surface area contributed by atoms with Crippen molar-refractivity contribution in [2.24, 2.45) is 0 Å². The van der Waals surface area contributed by atoms with Gasteiger partial charge in [0.2, 0.25) is 0 Å². The third-order valence-corrected chi connectivity index (χ3v) is 3.91. The minimum absolute atomic E-state index is 0.0174. The van der Waals surface area contributed by atoms with E-state index in [1.54, 1.807) is 18.2 Å². The maximum atomic E-state index is 11.3. The molecule has 0 aliphatic heterocycles. The van der Waals surface area contributed by atoms with Gasteiger partial charge in [0.15, 0.2) is 0 Å². The number of aromatic amines is 2. The lowest BCUT2D eigenvalue weighted by Gasteiger charge is -2.17.